The zero-order valence-corrected chi connectivity index (χ0v) is 20.6. The molecule has 1 saturated heterocycles. The Bertz CT molecular complexity index is 1540. The van der Waals surface area contributed by atoms with Crippen molar-refractivity contribution >= 4 is 23.9 Å². The van der Waals surface area contributed by atoms with Crippen LogP contribution >= 0.6 is 0 Å². The Balaban J connectivity index is 1.26. The summed E-state index contributed by atoms with van der Waals surface area (Å²) in [7, 11) is 0. The fourth-order valence-electron chi connectivity index (χ4n) is 5.12. The Morgan fingerprint density at radius 1 is 1.18 bits per heavy atom. The van der Waals surface area contributed by atoms with Gasteiger partial charge in [-0.15, -0.1) is 5.10 Å². The van der Waals surface area contributed by atoms with Gasteiger partial charge in [0.05, 0.1) is 29.9 Å². The van der Waals surface area contributed by atoms with E-state index in [9.17, 15) is 19.2 Å². The van der Waals surface area contributed by atoms with Gasteiger partial charge >= 0.3 is 0 Å². The van der Waals surface area contributed by atoms with Gasteiger partial charge in [-0.3, -0.25) is 19.2 Å². The topological polar surface area (TPSA) is 112 Å². The Morgan fingerprint density at radius 2 is 1.95 bits per heavy atom. The number of aromatic nitrogens is 5. The van der Waals surface area contributed by atoms with E-state index in [0.717, 1.165) is 30.5 Å². The van der Waals surface area contributed by atoms with Crippen molar-refractivity contribution in [2.45, 2.75) is 43.7 Å². The van der Waals surface area contributed by atoms with Crippen molar-refractivity contribution in [3.05, 3.63) is 66.2 Å². The first-order chi connectivity index (χ1) is 18.5. The Labute approximate surface area is 217 Å². The molecule has 6 rings (SSSR count). The second-order valence-corrected chi connectivity index (χ2v) is 9.87. The molecule has 0 atom stereocenters. The number of carbonyl (C=O) groups is 2. The molecule has 2 amide bonds. The smallest absolute Gasteiger partial charge is 0.253 e. The van der Waals surface area contributed by atoms with Gasteiger partial charge in [0.25, 0.3) is 11.9 Å². The largest absolute Gasteiger partial charge is 0.338 e. The van der Waals surface area contributed by atoms with E-state index in [-0.39, 0.29) is 24.2 Å². The van der Waals surface area contributed by atoms with Gasteiger partial charge < -0.3 is 4.90 Å². The zero-order chi connectivity index (χ0) is 26.3. The predicted octanol–water partition coefficient (Wildman–Crippen LogP) is 3.40. The van der Waals surface area contributed by atoms with Gasteiger partial charge in [-0.25, -0.2) is 8.91 Å². The van der Waals surface area contributed by atoms with Gasteiger partial charge in [-0.05, 0) is 62.1 Å². The second-order valence-electron chi connectivity index (χ2n) is 9.87. The molecule has 0 N–H and O–H groups in total. The Hall–Kier alpha value is -4.59. The van der Waals surface area contributed by atoms with Crippen molar-refractivity contribution < 1.29 is 14.0 Å². The molecule has 2 fully saturated rings. The van der Waals surface area contributed by atoms with E-state index in [2.05, 4.69) is 21.3 Å². The average Bonchev–Trinajstić information content (AvgIpc) is 3.46. The van der Waals surface area contributed by atoms with Crippen LogP contribution in [0.25, 0.3) is 16.9 Å². The van der Waals surface area contributed by atoms with Crippen LogP contribution in [-0.2, 0) is 10.3 Å². The maximum Gasteiger partial charge on any atom is 0.253 e. The molecule has 4 heterocycles. The first-order valence-corrected chi connectivity index (χ1v) is 12.6. The average molecular weight is 513 g/mol. The quantitative estimate of drug-likeness (QED) is 0.351. The number of benzene rings is 1. The van der Waals surface area contributed by atoms with E-state index in [1.54, 1.807) is 20.5 Å². The van der Waals surface area contributed by atoms with Crippen LogP contribution in [0.4, 0.5) is 10.3 Å². The number of hydrogen-bond acceptors (Lipinski definition) is 6. The van der Waals surface area contributed by atoms with Crippen molar-refractivity contribution in [2.75, 3.05) is 18.0 Å². The number of hydrogen-bond donors (Lipinski definition) is 0. The Morgan fingerprint density at radius 3 is 2.63 bits per heavy atom. The highest BCUT2D eigenvalue weighted by Gasteiger charge is 2.39. The van der Waals surface area contributed by atoms with Gasteiger partial charge in [0, 0.05) is 36.5 Å². The molecule has 4 aromatic rings. The van der Waals surface area contributed by atoms with Gasteiger partial charge in [0.2, 0.25) is 6.41 Å². The summed E-state index contributed by atoms with van der Waals surface area (Å²) in [4.78, 5) is 32.4. The number of likely N-dealkylation sites (tertiary alicyclic amines) is 1. The maximum absolute atomic E-state index is 13.3. The predicted molar refractivity (Wildman–Crippen MR) is 136 cm³/mol. The van der Waals surface area contributed by atoms with Gasteiger partial charge in [0.15, 0.2) is 5.65 Å². The number of carbonyl (C=O) groups excluding carboxylic acids is 2. The van der Waals surface area contributed by atoms with Crippen molar-refractivity contribution in [1.82, 2.24) is 29.3 Å². The lowest BCUT2D eigenvalue weighted by Gasteiger charge is -2.40. The number of nitriles is 1. The summed E-state index contributed by atoms with van der Waals surface area (Å²) < 4.78 is 16.8. The minimum absolute atomic E-state index is 0.152. The standard InChI is InChI=1S/C27H25FN8O2/c28-21-6-4-19(5-7-21)25(38)33-14-11-27(10-13-29,12-15-33)35-17-20(16-30-35)23-2-1-3-24-31-26(32-36(23)24)34(18-37)22-8-9-22/h1-7,16-18,22H,8-12,14-15H2. The van der Waals surface area contributed by atoms with Crippen LogP contribution in [0.3, 0.4) is 0 Å². The number of pyridine rings is 1. The van der Waals surface area contributed by atoms with Crippen LogP contribution < -0.4 is 4.90 Å². The van der Waals surface area contributed by atoms with Crippen molar-refractivity contribution in [3.8, 4) is 17.3 Å². The third-order valence-corrected chi connectivity index (χ3v) is 7.48. The van der Waals surface area contributed by atoms with Crippen LogP contribution in [0, 0.1) is 17.1 Å². The first kappa shape index (κ1) is 23.8. The molecule has 1 aliphatic carbocycles. The van der Waals surface area contributed by atoms with Gasteiger partial charge in [0.1, 0.15) is 5.82 Å². The van der Waals surface area contributed by atoms with Crippen LogP contribution in [0.1, 0.15) is 42.5 Å². The summed E-state index contributed by atoms with van der Waals surface area (Å²) in [6, 6.07) is 13.6. The summed E-state index contributed by atoms with van der Waals surface area (Å²) in [5.41, 5.74) is 2.07. The normalized spacial score (nSPS) is 16.8. The van der Waals surface area contributed by atoms with Gasteiger partial charge in [-0.1, -0.05) is 6.07 Å². The van der Waals surface area contributed by atoms with E-state index in [4.69, 9.17) is 0 Å². The molecule has 192 valence electrons. The number of amides is 2. The minimum atomic E-state index is -0.561. The first-order valence-electron chi connectivity index (χ1n) is 12.6. The van der Waals surface area contributed by atoms with Crippen molar-refractivity contribution in [2.24, 2.45) is 0 Å². The molecule has 11 heteroatoms. The van der Waals surface area contributed by atoms with Crippen molar-refractivity contribution in [1.29, 1.82) is 5.26 Å². The lowest BCUT2D eigenvalue weighted by molar-refractivity contribution is -0.107. The summed E-state index contributed by atoms with van der Waals surface area (Å²) in [6.45, 7) is 0.912. The summed E-state index contributed by atoms with van der Waals surface area (Å²) in [5, 5.41) is 18.9. The van der Waals surface area contributed by atoms with E-state index in [1.165, 1.54) is 24.3 Å². The monoisotopic (exact) mass is 512 g/mol. The lowest BCUT2D eigenvalue weighted by Crippen LogP contribution is -2.48. The molecule has 2 aliphatic rings. The highest BCUT2D eigenvalue weighted by molar-refractivity contribution is 5.94. The number of fused-ring (bicyclic) bond motifs is 1. The van der Waals surface area contributed by atoms with Gasteiger partial charge in [-0.2, -0.15) is 15.3 Å². The zero-order valence-electron chi connectivity index (χ0n) is 20.6. The Kier molecular flexibility index (Phi) is 5.87. The molecular weight excluding hydrogens is 487 g/mol. The van der Waals surface area contributed by atoms with Crippen LogP contribution in [0.15, 0.2) is 54.9 Å². The molecule has 3 aromatic heterocycles. The molecule has 0 radical (unpaired) electrons. The fourth-order valence-corrected chi connectivity index (χ4v) is 5.12. The maximum atomic E-state index is 13.3. The number of nitrogens with zero attached hydrogens (tertiary/aromatic N) is 8. The molecule has 1 saturated carbocycles. The van der Waals surface area contributed by atoms with E-state index < -0.39 is 5.54 Å². The van der Waals surface area contributed by atoms with Crippen LogP contribution in [0.5, 0.6) is 0 Å². The highest BCUT2D eigenvalue weighted by Crippen LogP contribution is 2.35. The number of halogens is 1. The second kappa shape index (κ2) is 9.37. The highest BCUT2D eigenvalue weighted by atomic mass is 19.1. The summed E-state index contributed by atoms with van der Waals surface area (Å²) in [6.07, 6.45) is 7.68. The molecule has 0 bridgehead atoms. The number of anilines is 1. The summed E-state index contributed by atoms with van der Waals surface area (Å²) in [5.74, 6) is -0.160. The molecule has 0 spiro atoms. The molecule has 38 heavy (non-hydrogen) atoms. The number of rotatable bonds is 7. The van der Waals surface area contributed by atoms with Crippen molar-refractivity contribution in [3.63, 3.8) is 0 Å². The fraction of sp³-hybridized carbons (Fsp3) is 0.333. The third-order valence-electron chi connectivity index (χ3n) is 7.48. The van der Waals surface area contributed by atoms with E-state index in [1.807, 2.05) is 29.1 Å². The SMILES string of the molecule is N#CCC1(n2cc(-c3cccc4nc(N(C=O)C5CC5)nn34)cn2)CCN(C(=O)c2ccc(F)cc2)CC1. The minimum Gasteiger partial charge on any atom is -0.338 e. The molecular formula is C27H25FN8O2. The van der Waals surface area contributed by atoms with E-state index >= 15 is 0 Å². The molecule has 1 aromatic carbocycles. The van der Waals surface area contributed by atoms with E-state index in [0.29, 0.717) is 43.1 Å². The number of piperidine rings is 1. The van der Waals surface area contributed by atoms with Crippen LogP contribution in [0.2, 0.25) is 0 Å². The molecule has 1 aliphatic heterocycles. The third kappa shape index (κ3) is 4.18. The van der Waals surface area contributed by atoms with Crippen LogP contribution in [-0.4, -0.2) is 60.7 Å². The lowest BCUT2D eigenvalue weighted by atomic mass is 9.84. The molecule has 10 nitrogen and oxygen atoms in total. The molecule has 0 unspecified atom stereocenters. The summed E-state index contributed by atoms with van der Waals surface area (Å²) >= 11 is 0.